The molecule has 0 bridgehead atoms. The Morgan fingerprint density at radius 1 is 1.42 bits per heavy atom. The molecule has 3 rings (SSSR count). The van der Waals surface area contributed by atoms with Crippen molar-refractivity contribution in [3.63, 3.8) is 0 Å². The molecular formula is C15H20FN3. The summed E-state index contributed by atoms with van der Waals surface area (Å²) in [5.41, 5.74) is 2.02. The molecule has 0 aliphatic carbocycles. The van der Waals surface area contributed by atoms with Gasteiger partial charge in [0, 0.05) is 19.5 Å². The third kappa shape index (κ3) is 2.50. The SMILES string of the molecule is Cn1c(CC(F)C2CCCCN2)nc2ccccc21. The predicted octanol–water partition coefficient (Wildman–Crippen LogP) is 2.60. The Kier molecular flexibility index (Phi) is 3.51. The molecule has 1 aromatic carbocycles. The zero-order chi connectivity index (χ0) is 13.2. The van der Waals surface area contributed by atoms with Crippen molar-refractivity contribution in [2.24, 2.45) is 7.05 Å². The Bertz CT molecular complexity index is 558. The van der Waals surface area contributed by atoms with Crippen molar-refractivity contribution < 1.29 is 4.39 Å². The zero-order valence-corrected chi connectivity index (χ0v) is 11.3. The summed E-state index contributed by atoms with van der Waals surface area (Å²) in [6.07, 6.45) is 2.76. The largest absolute Gasteiger partial charge is 0.331 e. The van der Waals surface area contributed by atoms with Crippen LogP contribution >= 0.6 is 0 Å². The second-order valence-electron chi connectivity index (χ2n) is 5.35. The first-order valence-electron chi connectivity index (χ1n) is 7.03. The maximum atomic E-state index is 14.4. The van der Waals surface area contributed by atoms with Crippen LogP contribution in [0.1, 0.15) is 25.1 Å². The standard InChI is InChI=1S/C15H20FN3/c1-19-14-8-3-2-7-13(14)18-15(19)10-11(16)12-6-4-5-9-17-12/h2-3,7-8,11-12,17H,4-6,9-10H2,1H3. The summed E-state index contributed by atoms with van der Waals surface area (Å²) >= 11 is 0. The molecule has 0 amide bonds. The molecule has 1 N–H and O–H groups in total. The molecule has 2 aromatic rings. The molecule has 1 aliphatic rings. The van der Waals surface area contributed by atoms with Gasteiger partial charge in [0.25, 0.3) is 0 Å². The summed E-state index contributed by atoms with van der Waals surface area (Å²) in [7, 11) is 1.96. The molecule has 0 saturated carbocycles. The van der Waals surface area contributed by atoms with Crippen LogP contribution in [0, 0.1) is 0 Å². The van der Waals surface area contributed by atoms with Gasteiger partial charge in [0.05, 0.1) is 11.0 Å². The zero-order valence-electron chi connectivity index (χ0n) is 11.3. The third-order valence-electron chi connectivity index (χ3n) is 4.04. The normalized spacial score (nSPS) is 21.7. The minimum absolute atomic E-state index is 0.00596. The number of para-hydroxylation sites is 2. The molecule has 1 fully saturated rings. The second kappa shape index (κ2) is 5.29. The predicted molar refractivity (Wildman–Crippen MR) is 75.0 cm³/mol. The number of nitrogens with one attached hydrogen (secondary N) is 1. The number of fused-ring (bicyclic) bond motifs is 1. The first-order chi connectivity index (χ1) is 9.25. The summed E-state index contributed by atoms with van der Waals surface area (Å²) in [5.74, 6) is 0.834. The van der Waals surface area contributed by atoms with Gasteiger partial charge in [-0.2, -0.15) is 0 Å². The summed E-state index contributed by atoms with van der Waals surface area (Å²) in [6, 6.07) is 7.95. The molecule has 0 spiro atoms. The van der Waals surface area contributed by atoms with Crippen LogP contribution in [0.5, 0.6) is 0 Å². The molecule has 2 unspecified atom stereocenters. The number of hydrogen-bond donors (Lipinski definition) is 1. The number of alkyl halides is 1. The highest BCUT2D eigenvalue weighted by Crippen LogP contribution is 2.19. The third-order valence-corrected chi connectivity index (χ3v) is 4.04. The van der Waals surface area contributed by atoms with Crippen LogP contribution in [0.4, 0.5) is 4.39 Å². The van der Waals surface area contributed by atoms with Gasteiger partial charge in [-0.1, -0.05) is 18.6 Å². The van der Waals surface area contributed by atoms with Crippen LogP contribution in [0.2, 0.25) is 0 Å². The smallest absolute Gasteiger partial charge is 0.122 e. The maximum Gasteiger partial charge on any atom is 0.122 e. The summed E-state index contributed by atoms with van der Waals surface area (Å²) in [4.78, 5) is 4.54. The number of aromatic nitrogens is 2. The molecule has 1 aromatic heterocycles. The topological polar surface area (TPSA) is 29.9 Å². The van der Waals surface area contributed by atoms with Gasteiger partial charge >= 0.3 is 0 Å². The molecule has 0 radical (unpaired) electrons. The van der Waals surface area contributed by atoms with Crippen LogP contribution in [-0.4, -0.2) is 28.3 Å². The number of hydrogen-bond acceptors (Lipinski definition) is 2. The quantitative estimate of drug-likeness (QED) is 0.920. The number of nitrogens with zero attached hydrogens (tertiary/aromatic N) is 2. The molecular weight excluding hydrogens is 241 g/mol. The van der Waals surface area contributed by atoms with Crippen LogP contribution in [0.25, 0.3) is 11.0 Å². The van der Waals surface area contributed by atoms with E-state index in [1.807, 2.05) is 35.9 Å². The molecule has 19 heavy (non-hydrogen) atoms. The van der Waals surface area contributed by atoms with Gasteiger partial charge in [-0.15, -0.1) is 0 Å². The second-order valence-corrected chi connectivity index (χ2v) is 5.35. The van der Waals surface area contributed by atoms with Gasteiger partial charge in [0.15, 0.2) is 0 Å². The number of rotatable bonds is 3. The van der Waals surface area contributed by atoms with Crippen molar-refractivity contribution in [3.05, 3.63) is 30.1 Å². The first kappa shape index (κ1) is 12.6. The Balaban J connectivity index is 1.78. The number of halogens is 1. The molecule has 1 saturated heterocycles. The molecule has 2 heterocycles. The van der Waals surface area contributed by atoms with Gasteiger partial charge in [0.1, 0.15) is 12.0 Å². The average Bonchev–Trinajstić information content (AvgIpc) is 2.77. The van der Waals surface area contributed by atoms with Crippen molar-refractivity contribution in [2.75, 3.05) is 6.54 Å². The van der Waals surface area contributed by atoms with E-state index in [1.54, 1.807) is 0 Å². The lowest BCUT2D eigenvalue weighted by Crippen LogP contribution is -2.42. The van der Waals surface area contributed by atoms with Crippen LogP contribution in [0.15, 0.2) is 24.3 Å². The van der Waals surface area contributed by atoms with Gasteiger partial charge in [0.2, 0.25) is 0 Å². The fourth-order valence-corrected chi connectivity index (χ4v) is 2.88. The fraction of sp³-hybridized carbons (Fsp3) is 0.533. The van der Waals surface area contributed by atoms with Gasteiger partial charge in [-0.3, -0.25) is 0 Å². The highest BCUT2D eigenvalue weighted by atomic mass is 19.1. The lowest BCUT2D eigenvalue weighted by molar-refractivity contribution is 0.213. The molecule has 4 heteroatoms. The number of benzene rings is 1. The van der Waals surface area contributed by atoms with E-state index in [-0.39, 0.29) is 6.04 Å². The highest BCUT2D eigenvalue weighted by Gasteiger charge is 2.24. The lowest BCUT2D eigenvalue weighted by atomic mass is 9.99. The summed E-state index contributed by atoms with van der Waals surface area (Å²) in [5, 5.41) is 3.28. The van der Waals surface area contributed by atoms with E-state index in [1.165, 1.54) is 0 Å². The Labute approximate surface area is 112 Å². The van der Waals surface area contributed by atoms with Crippen molar-refractivity contribution in [1.82, 2.24) is 14.9 Å². The molecule has 3 nitrogen and oxygen atoms in total. The number of piperidine rings is 1. The Morgan fingerprint density at radius 3 is 3.00 bits per heavy atom. The van der Waals surface area contributed by atoms with Gasteiger partial charge in [-0.05, 0) is 31.5 Å². The van der Waals surface area contributed by atoms with Crippen LogP contribution in [0.3, 0.4) is 0 Å². The van der Waals surface area contributed by atoms with Gasteiger partial charge < -0.3 is 9.88 Å². The van der Waals surface area contributed by atoms with Crippen molar-refractivity contribution in [1.29, 1.82) is 0 Å². The van der Waals surface area contributed by atoms with E-state index in [9.17, 15) is 4.39 Å². The maximum absolute atomic E-state index is 14.4. The van der Waals surface area contributed by atoms with Crippen molar-refractivity contribution in [2.45, 2.75) is 37.9 Å². The monoisotopic (exact) mass is 261 g/mol. The summed E-state index contributed by atoms with van der Waals surface area (Å²) in [6.45, 7) is 0.938. The van der Waals surface area contributed by atoms with Crippen molar-refractivity contribution >= 4 is 11.0 Å². The van der Waals surface area contributed by atoms with Crippen molar-refractivity contribution in [3.8, 4) is 0 Å². The average molecular weight is 261 g/mol. The number of aryl methyl sites for hydroxylation is 1. The van der Waals surface area contributed by atoms with E-state index in [2.05, 4.69) is 10.3 Å². The fourth-order valence-electron chi connectivity index (χ4n) is 2.88. The molecule has 102 valence electrons. The minimum Gasteiger partial charge on any atom is -0.331 e. The Morgan fingerprint density at radius 2 is 2.26 bits per heavy atom. The van der Waals surface area contributed by atoms with Crippen LogP contribution < -0.4 is 5.32 Å². The molecule has 1 aliphatic heterocycles. The van der Waals surface area contributed by atoms with E-state index < -0.39 is 6.17 Å². The summed E-state index contributed by atoms with van der Waals surface area (Å²) < 4.78 is 16.4. The number of imidazole rings is 1. The van der Waals surface area contributed by atoms with E-state index >= 15 is 0 Å². The molecule has 2 atom stereocenters. The van der Waals surface area contributed by atoms with Gasteiger partial charge in [-0.25, -0.2) is 9.37 Å². The van der Waals surface area contributed by atoms with E-state index in [4.69, 9.17) is 0 Å². The van der Waals surface area contributed by atoms with E-state index in [0.29, 0.717) is 6.42 Å². The lowest BCUT2D eigenvalue weighted by Gasteiger charge is -2.26. The highest BCUT2D eigenvalue weighted by molar-refractivity contribution is 5.75. The first-order valence-corrected chi connectivity index (χ1v) is 7.03. The van der Waals surface area contributed by atoms with E-state index in [0.717, 1.165) is 42.7 Å². The minimum atomic E-state index is -0.851. The van der Waals surface area contributed by atoms with Crippen LogP contribution in [-0.2, 0) is 13.5 Å². The Hall–Kier alpha value is -1.42.